The zero-order valence-corrected chi connectivity index (χ0v) is 13.1. The number of carbonyl (C=O) groups is 1. The molecule has 0 aliphatic rings. The Morgan fingerprint density at radius 2 is 2.20 bits per heavy atom. The molecule has 1 aromatic rings. The number of rotatable bonds is 9. The van der Waals surface area contributed by atoms with E-state index in [-0.39, 0.29) is 16.3 Å². The van der Waals surface area contributed by atoms with Crippen LogP contribution in [-0.2, 0) is 14.8 Å². The standard InChI is InChI=1S/C12H19NO5S2/c1-9(2)7-18-5-3-4-13-20(16,17)11-6-10(8-19-11)12(14)15/h6,8-9,13H,3-5,7H2,1-2H3,(H,14,15). The van der Waals surface area contributed by atoms with Crippen LogP contribution in [0.25, 0.3) is 0 Å². The van der Waals surface area contributed by atoms with Crippen molar-refractivity contribution >= 4 is 27.3 Å². The van der Waals surface area contributed by atoms with Crippen LogP contribution in [0.5, 0.6) is 0 Å². The fraction of sp³-hybridized carbons (Fsp3) is 0.583. The van der Waals surface area contributed by atoms with Crippen molar-refractivity contribution in [3.05, 3.63) is 17.0 Å². The van der Waals surface area contributed by atoms with E-state index in [1.165, 1.54) is 5.38 Å². The normalized spacial score (nSPS) is 11.9. The van der Waals surface area contributed by atoms with Crippen LogP contribution in [0.4, 0.5) is 0 Å². The van der Waals surface area contributed by atoms with Gasteiger partial charge in [-0.05, 0) is 18.4 Å². The highest BCUT2D eigenvalue weighted by Crippen LogP contribution is 2.19. The molecule has 0 aliphatic heterocycles. The highest BCUT2D eigenvalue weighted by Gasteiger charge is 2.18. The molecule has 0 atom stereocenters. The summed E-state index contributed by atoms with van der Waals surface area (Å²) in [5.74, 6) is -0.683. The molecule has 0 aromatic carbocycles. The van der Waals surface area contributed by atoms with Gasteiger partial charge in [0.2, 0.25) is 10.0 Å². The van der Waals surface area contributed by atoms with Gasteiger partial charge in [0.05, 0.1) is 5.56 Å². The number of hydrogen-bond acceptors (Lipinski definition) is 5. The molecule has 0 spiro atoms. The van der Waals surface area contributed by atoms with Gasteiger partial charge in [-0.1, -0.05) is 13.8 Å². The summed E-state index contributed by atoms with van der Waals surface area (Å²) in [5, 5.41) is 10.1. The monoisotopic (exact) mass is 321 g/mol. The van der Waals surface area contributed by atoms with Crippen LogP contribution in [0.2, 0.25) is 0 Å². The van der Waals surface area contributed by atoms with Crippen LogP contribution in [0.3, 0.4) is 0 Å². The first kappa shape index (κ1) is 17.1. The molecule has 20 heavy (non-hydrogen) atoms. The average Bonchev–Trinajstić information content (AvgIpc) is 2.83. The summed E-state index contributed by atoms with van der Waals surface area (Å²) >= 11 is 0.894. The number of nitrogens with one attached hydrogen (secondary N) is 1. The van der Waals surface area contributed by atoms with Gasteiger partial charge in [-0.2, -0.15) is 0 Å². The van der Waals surface area contributed by atoms with Crippen molar-refractivity contribution < 1.29 is 23.1 Å². The van der Waals surface area contributed by atoms with Gasteiger partial charge >= 0.3 is 5.97 Å². The molecule has 0 amide bonds. The predicted molar refractivity (Wildman–Crippen MR) is 76.7 cm³/mol. The fourth-order valence-electron chi connectivity index (χ4n) is 1.34. The number of carboxylic acid groups (broad SMARTS) is 1. The molecule has 1 aromatic heterocycles. The summed E-state index contributed by atoms with van der Waals surface area (Å²) in [5.41, 5.74) is -0.0179. The molecule has 0 aliphatic carbocycles. The van der Waals surface area contributed by atoms with Crippen molar-refractivity contribution in [2.24, 2.45) is 5.92 Å². The largest absolute Gasteiger partial charge is 0.478 e. The average molecular weight is 321 g/mol. The number of ether oxygens (including phenoxy) is 1. The maximum Gasteiger partial charge on any atom is 0.336 e. The van der Waals surface area contributed by atoms with E-state index in [9.17, 15) is 13.2 Å². The minimum Gasteiger partial charge on any atom is -0.478 e. The Hall–Kier alpha value is -0.960. The van der Waals surface area contributed by atoms with Gasteiger partial charge < -0.3 is 9.84 Å². The van der Waals surface area contributed by atoms with E-state index in [4.69, 9.17) is 9.84 Å². The lowest BCUT2D eigenvalue weighted by molar-refractivity contribution is 0.0697. The van der Waals surface area contributed by atoms with E-state index in [0.717, 1.165) is 17.4 Å². The van der Waals surface area contributed by atoms with Crippen LogP contribution < -0.4 is 4.72 Å². The van der Waals surface area contributed by atoms with Gasteiger partial charge in [0.15, 0.2) is 0 Å². The minimum atomic E-state index is -3.63. The number of hydrogen-bond donors (Lipinski definition) is 2. The molecule has 114 valence electrons. The lowest BCUT2D eigenvalue weighted by atomic mass is 10.2. The maximum atomic E-state index is 11.9. The number of aromatic carboxylic acids is 1. The number of carboxylic acids is 1. The van der Waals surface area contributed by atoms with Crippen molar-refractivity contribution in [2.75, 3.05) is 19.8 Å². The van der Waals surface area contributed by atoms with E-state index in [2.05, 4.69) is 4.72 Å². The van der Waals surface area contributed by atoms with Gasteiger partial charge in [-0.25, -0.2) is 17.9 Å². The Balaban J connectivity index is 2.39. The Labute approximate surface area is 122 Å². The molecule has 0 bridgehead atoms. The van der Waals surface area contributed by atoms with Gasteiger partial charge in [-0.15, -0.1) is 11.3 Å². The van der Waals surface area contributed by atoms with Crippen LogP contribution in [0, 0.1) is 5.92 Å². The molecule has 0 fully saturated rings. The second-order valence-electron chi connectivity index (χ2n) is 4.68. The van der Waals surface area contributed by atoms with E-state index in [1.807, 2.05) is 13.8 Å². The third-order valence-corrected chi connectivity index (χ3v) is 5.20. The third kappa shape index (κ3) is 5.58. The second kappa shape index (κ2) is 7.72. The summed E-state index contributed by atoms with van der Waals surface area (Å²) in [6, 6.07) is 1.16. The predicted octanol–water partition coefficient (Wildman–Crippen LogP) is 1.79. The van der Waals surface area contributed by atoms with Crippen LogP contribution in [-0.4, -0.2) is 39.3 Å². The van der Waals surface area contributed by atoms with Crippen molar-refractivity contribution in [3.63, 3.8) is 0 Å². The molecule has 8 heteroatoms. The first-order chi connectivity index (χ1) is 9.33. The Bertz CT molecular complexity index is 536. The van der Waals surface area contributed by atoms with Crippen LogP contribution in [0.1, 0.15) is 30.6 Å². The van der Waals surface area contributed by atoms with Gasteiger partial charge in [-0.3, -0.25) is 0 Å². The van der Waals surface area contributed by atoms with E-state index < -0.39 is 16.0 Å². The second-order valence-corrected chi connectivity index (χ2v) is 7.58. The quantitative estimate of drug-likeness (QED) is 0.676. The SMILES string of the molecule is CC(C)COCCCNS(=O)(=O)c1cc(C(=O)O)cs1. The Morgan fingerprint density at radius 3 is 2.75 bits per heavy atom. The summed E-state index contributed by atoms with van der Waals surface area (Å²) in [7, 11) is -3.63. The van der Waals surface area contributed by atoms with E-state index in [0.29, 0.717) is 25.6 Å². The van der Waals surface area contributed by atoms with Crippen molar-refractivity contribution in [1.82, 2.24) is 4.72 Å². The maximum absolute atomic E-state index is 11.9. The molecule has 6 nitrogen and oxygen atoms in total. The zero-order valence-electron chi connectivity index (χ0n) is 11.5. The Morgan fingerprint density at radius 1 is 1.50 bits per heavy atom. The minimum absolute atomic E-state index is 0.0120. The molecule has 0 saturated heterocycles. The van der Waals surface area contributed by atoms with Crippen molar-refractivity contribution in [3.8, 4) is 0 Å². The van der Waals surface area contributed by atoms with Gasteiger partial charge in [0.1, 0.15) is 4.21 Å². The van der Waals surface area contributed by atoms with Gasteiger partial charge in [0.25, 0.3) is 0 Å². The zero-order chi connectivity index (χ0) is 15.2. The van der Waals surface area contributed by atoms with Crippen molar-refractivity contribution in [1.29, 1.82) is 0 Å². The molecule has 1 heterocycles. The summed E-state index contributed by atoms with van der Waals surface area (Å²) < 4.78 is 31.5. The smallest absolute Gasteiger partial charge is 0.336 e. The summed E-state index contributed by atoms with van der Waals surface area (Å²) in [6.07, 6.45) is 0.573. The van der Waals surface area contributed by atoms with Gasteiger partial charge in [0, 0.05) is 25.1 Å². The first-order valence-electron chi connectivity index (χ1n) is 6.22. The molecule has 1 rings (SSSR count). The van der Waals surface area contributed by atoms with Crippen LogP contribution in [0.15, 0.2) is 15.7 Å². The molecule has 0 unspecified atom stereocenters. The lowest BCUT2D eigenvalue weighted by Crippen LogP contribution is -2.25. The van der Waals surface area contributed by atoms with Crippen molar-refractivity contribution in [2.45, 2.75) is 24.5 Å². The third-order valence-electron chi connectivity index (χ3n) is 2.30. The highest BCUT2D eigenvalue weighted by atomic mass is 32.2. The molecule has 0 radical (unpaired) electrons. The Kier molecular flexibility index (Phi) is 6.60. The number of thiophene rings is 1. The molecule has 0 saturated carbocycles. The summed E-state index contributed by atoms with van der Waals surface area (Å²) in [6.45, 7) is 5.49. The number of sulfonamides is 1. The van der Waals surface area contributed by atoms with Crippen LogP contribution >= 0.6 is 11.3 Å². The highest BCUT2D eigenvalue weighted by molar-refractivity contribution is 7.91. The first-order valence-corrected chi connectivity index (χ1v) is 8.58. The summed E-state index contributed by atoms with van der Waals surface area (Å²) in [4.78, 5) is 10.7. The molecular formula is C12H19NO5S2. The fourth-order valence-corrected chi connectivity index (χ4v) is 3.61. The molecule has 2 N–H and O–H groups in total. The molecular weight excluding hydrogens is 302 g/mol. The topological polar surface area (TPSA) is 92.7 Å². The lowest BCUT2D eigenvalue weighted by Gasteiger charge is -2.07. The van der Waals surface area contributed by atoms with E-state index >= 15 is 0 Å². The van der Waals surface area contributed by atoms with E-state index in [1.54, 1.807) is 0 Å².